The maximum Gasteiger partial charge on any atom is 0.0246 e. The Labute approximate surface area is 88.1 Å². The summed E-state index contributed by atoms with van der Waals surface area (Å²) in [5.74, 6) is 1.94. The van der Waals surface area contributed by atoms with Crippen molar-refractivity contribution in [1.82, 2.24) is 10.2 Å². The molecule has 0 bridgehead atoms. The van der Waals surface area contributed by atoms with E-state index in [1.807, 2.05) is 0 Å². The Bertz CT molecular complexity index is 173. The van der Waals surface area contributed by atoms with Crippen LogP contribution in [0.25, 0.3) is 0 Å². The molecule has 0 aromatic carbocycles. The van der Waals surface area contributed by atoms with Crippen LogP contribution in [0.5, 0.6) is 0 Å². The maximum atomic E-state index is 3.53. The van der Waals surface area contributed by atoms with Crippen LogP contribution in [-0.4, -0.2) is 37.6 Å². The van der Waals surface area contributed by atoms with E-state index in [2.05, 4.69) is 24.2 Å². The zero-order valence-corrected chi connectivity index (χ0v) is 9.63. The highest BCUT2D eigenvalue weighted by atomic mass is 15.2. The van der Waals surface area contributed by atoms with Crippen molar-refractivity contribution < 1.29 is 0 Å². The minimum absolute atomic E-state index is 0.816. The molecule has 1 N–H and O–H groups in total. The second-order valence-corrected chi connectivity index (χ2v) is 5.27. The summed E-state index contributed by atoms with van der Waals surface area (Å²) in [5.41, 5.74) is 0. The molecule has 0 spiro atoms. The third kappa shape index (κ3) is 2.29. The Balaban J connectivity index is 1.87. The highest BCUT2D eigenvalue weighted by molar-refractivity contribution is 4.86. The van der Waals surface area contributed by atoms with Crippen LogP contribution in [-0.2, 0) is 0 Å². The van der Waals surface area contributed by atoms with Gasteiger partial charge in [-0.3, -0.25) is 0 Å². The summed E-state index contributed by atoms with van der Waals surface area (Å²) in [6, 6.07) is 0.816. The van der Waals surface area contributed by atoms with Crippen LogP contribution in [0.1, 0.15) is 32.6 Å². The van der Waals surface area contributed by atoms with Crippen molar-refractivity contribution in [3.05, 3.63) is 0 Å². The average Bonchev–Trinajstić information content (AvgIpc) is 2.20. The van der Waals surface area contributed by atoms with Crippen LogP contribution in [0, 0.1) is 11.8 Å². The van der Waals surface area contributed by atoms with Gasteiger partial charge in [0.05, 0.1) is 0 Å². The summed E-state index contributed by atoms with van der Waals surface area (Å²) in [5, 5.41) is 3.53. The van der Waals surface area contributed by atoms with Crippen molar-refractivity contribution in [3.8, 4) is 0 Å². The molecule has 2 aliphatic rings. The third-order valence-corrected chi connectivity index (χ3v) is 4.17. The Hall–Kier alpha value is -0.0800. The molecule has 2 nitrogen and oxygen atoms in total. The second kappa shape index (κ2) is 4.63. The van der Waals surface area contributed by atoms with Gasteiger partial charge >= 0.3 is 0 Å². The summed E-state index contributed by atoms with van der Waals surface area (Å²) < 4.78 is 0. The molecule has 1 saturated carbocycles. The van der Waals surface area contributed by atoms with Crippen LogP contribution in [0.15, 0.2) is 0 Å². The van der Waals surface area contributed by atoms with E-state index in [0.717, 1.165) is 17.9 Å². The molecule has 82 valence electrons. The molecule has 1 aliphatic carbocycles. The Kier molecular flexibility index (Phi) is 3.45. The van der Waals surface area contributed by atoms with Gasteiger partial charge in [-0.1, -0.05) is 19.8 Å². The van der Waals surface area contributed by atoms with Crippen molar-refractivity contribution in [1.29, 1.82) is 0 Å². The molecule has 1 saturated heterocycles. The van der Waals surface area contributed by atoms with E-state index >= 15 is 0 Å². The fourth-order valence-corrected chi connectivity index (χ4v) is 3.02. The molecule has 1 atom stereocenters. The van der Waals surface area contributed by atoms with Crippen molar-refractivity contribution in [3.63, 3.8) is 0 Å². The molecular weight excluding hydrogens is 172 g/mol. The highest BCUT2D eigenvalue weighted by Crippen LogP contribution is 2.32. The Morgan fingerprint density at radius 1 is 1.14 bits per heavy atom. The smallest absolute Gasteiger partial charge is 0.0246 e. The number of hydrogen-bond donors (Lipinski definition) is 1. The van der Waals surface area contributed by atoms with Gasteiger partial charge in [0, 0.05) is 25.7 Å². The average molecular weight is 196 g/mol. The van der Waals surface area contributed by atoms with Gasteiger partial charge in [0.2, 0.25) is 0 Å². The van der Waals surface area contributed by atoms with E-state index in [1.165, 1.54) is 45.3 Å². The van der Waals surface area contributed by atoms with Gasteiger partial charge in [-0.15, -0.1) is 0 Å². The fourth-order valence-electron chi connectivity index (χ4n) is 3.02. The summed E-state index contributed by atoms with van der Waals surface area (Å²) in [4.78, 5) is 2.57. The number of rotatable bonds is 1. The van der Waals surface area contributed by atoms with E-state index in [4.69, 9.17) is 0 Å². The van der Waals surface area contributed by atoms with Gasteiger partial charge in [0.15, 0.2) is 0 Å². The molecule has 0 aromatic rings. The predicted molar refractivity (Wildman–Crippen MR) is 60.4 cm³/mol. The summed E-state index contributed by atoms with van der Waals surface area (Å²) in [6.07, 6.45) is 5.82. The first-order valence-corrected chi connectivity index (χ1v) is 6.18. The van der Waals surface area contributed by atoms with Crippen molar-refractivity contribution in [2.24, 2.45) is 11.8 Å². The largest absolute Gasteiger partial charge is 0.314 e. The predicted octanol–water partition coefficient (Wildman–Crippen LogP) is 1.72. The SMILES string of the molecule is CC1CCC(C2CNCCN2C)CC1. The monoisotopic (exact) mass is 196 g/mol. The molecule has 0 radical (unpaired) electrons. The van der Waals surface area contributed by atoms with Gasteiger partial charge in [-0.05, 0) is 31.7 Å². The first-order chi connectivity index (χ1) is 6.77. The minimum atomic E-state index is 0.816. The van der Waals surface area contributed by atoms with Gasteiger partial charge in [-0.25, -0.2) is 0 Å². The zero-order valence-electron chi connectivity index (χ0n) is 9.63. The van der Waals surface area contributed by atoms with E-state index in [0.29, 0.717) is 0 Å². The summed E-state index contributed by atoms with van der Waals surface area (Å²) in [7, 11) is 2.30. The molecule has 2 rings (SSSR count). The summed E-state index contributed by atoms with van der Waals surface area (Å²) >= 11 is 0. The number of nitrogens with one attached hydrogen (secondary N) is 1. The summed E-state index contributed by atoms with van der Waals surface area (Å²) in [6.45, 7) is 6.03. The number of piperazine rings is 1. The Morgan fingerprint density at radius 2 is 1.86 bits per heavy atom. The Morgan fingerprint density at radius 3 is 2.50 bits per heavy atom. The number of hydrogen-bond acceptors (Lipinski definition) is 2. The van der Waals surface area contributed by atoms with Crippen LogP contribution >= 0.6 is 0 Å². The molecule has 1 aliphatic heterocycles. The highest BCUT2D eigenvalue weighted by Gasteiger charge is 2.29. The lowest BCUT2D eigenvalue weighted by atomic mass is 9.78. The molecule has 2 fully saturated rings. The van der Waals surface area contributed by atoms with E-state index in [1.54, 1.807) is 0 Å². The topological polar surface area (TPSA) is 15.3 Å². The lowest BCUT2D eigenvalue weighted by Crippen LogP contribution is -2.53. The molecule has 14 heavy (non-hydrogen) atoms. The normalized spacial score (nSPS) is 41.1. The van der Waals surface area contributed by atoms with Crippen molar-refractivity contribution in [2.75, 3.05) is 26.7 Å². The molecule has 2 heteroatoms. The van der Waals surface area contributed by atoms with Crippen LogP contribution in [0.4, 0.5) is 0 Å². The van der Waals surface area contributed by atoms with Crippen LogP contribution in [0.3, 0.4) is 0 Å². The van der Waals surface area contributed by atoms with Crippen molar-refractivity contribution >= 4 is 0 Å². The first kappa shape index (κ1) is 10.4. The second-order valence-electron chi connectivity index (χ2n) is 5.27. The fraction of sp³-hybridized carbons (Fsp3) is 1.00. The minimum Gasteiger partial charge on any atom is -0.314 e. The molecule has 0 aromatic heterocycles. The molecule has 0 amide bonds. The number of likely N-dealkylation sites (N-methyl/N-ethyl adjacent to an activating group) is 1. The van der Waals surface area contributed by atoms with E-state index in [9.17, 15) is 0 Å². The molecule has 1 unspecified atom stereocenters. The van der Waals surface area contributed by atoms with E-state index in [-0.39, 0.29) is 0 Å². The first-order valence-electron chi connectivity index (χ1n) is 6.18. The maximum absolute atomic E-state index is 3.53. The number of nitrogens with zero attached hydrogens (tertiary/aromatic N) is 1. The van der Waals surface area contributed by atoms with Crippen molar-refractivity contribution in [2.45, 2.75) is 38.6 Å². The zero-order chi connectivity index (χ0) is 9.97. The van der Waals surface area contributed by atoms with Gasteiger partial charge in [-0.2, -0.15) is 0 Å². The van der Waals surface area contributed by atoms with Crippen LogP contribution < -0.4 is 5.32 Å². The van der Waals surface area contributed by atoms with E-state index < -0.39 is 0 Å². The lowest BCUT2D eigenvalue weighted by Gasteiger charge is -2.41. The van der Waals surface area contributed by atoms with Gasteiger partial charge in [0.25, 0.3) is 0 Å². The van der Waals surface area contributed by atoms with Gasteiger partial charge < -0.3 is 10.2 Å². The molecule has 1 heterocycles. The van der Waals surface area contributed by atoms with Crippen LogP contribution in [0.2, 0.25) is 0 Å². The molecular formula is C12H24N2. The lowest BCUT2D eigenvalue weighted by molar-refractivity contribution is 0.108. The third-order valence-electron chi connectivity index (χ3n) is 4.17. The quantitative estimate of drug-likeness (QED) is 0.687. The standard InChI is InChI=1S/C12H24N2/c1-10-3-5-11(6-4-10)12-9-13-7-8-14(12)2/h10-13H,3-9H2,1-2H3. The van der Waals surface area contributed by atoms with Gasteiger partial charge in [0.1, 0.15) is 0 Å².